The topological polar surface area (TPSA) is 40.5 Å². The van der Waals surface area contributed by atoms with E-state index >= 15 is 0 Å². The third-order valence-electron chi connectivity index (χ3n) is 4.60. The molecule has 98 valence electrons. The number of β-amino-alcohol motifs (C(OH)–C–C–N with tert-alkyl or cyclic N) is 1. The van der Waals surface area contributed by atoms with Crippen molar-refractivity contribution >= 4 is 5.91 Å². The molecule has 3 heteroatoms. The first-order valence-electron chi connectivity index (χ1n) is 7.01. The second kappa shape index (κ2) is 4.97. The van der Waals surface area contributed by atoms with Gasteiger partial charge in [-0.2, -0.15) is 0 Å². The first-order chi connectivity index (χ1) is 8.01. The highest BCUT2D eigenvalue weighted by molar-refractivity contribution is 5.77. The number of hydrogen-bond donors (Lipinski definition) is 1. The molecule has 1 saturated carbocycles. The highest BCUT2D eigenvalue weighted by Crippen LogP contribution is 2.31. The molecular formula is C14H25NO2. The van der Waals surface area contributed by atoms with Crippen molar-refractivity contribution in [2.75, 3.05) is 13.1 Å². The number of hydrogen-bond acceptors (Lipinski definition) is 2. The monoisotopic (exact) mass is 239 g/mol. The molecular weight excluding hydrogens is 214 g/mol. The minimum atomic E-state index is -0.622. The van der Waals surface area contributed by atoms with Crippen molar-refractivity contribution in [3.8, 4) is 0 Å². The van der Waals surface area contributed by atoms with Crippen LogP contribution < -0.4 is 0 Å². The maximum Gasteiger partial charge on any atom is 0.222 e. The Morgan fingerprint density at radius 2 is 1.94 bits per heavy atom. The van der Waals surface area contributed by atoms with Gasteiger partial charge in [-0.05, 0) is 18.3 Å². The molecule has 1 saturated heterocycles. The number of nitrogens with zero attached hydrogens (tertiary/aromatic N) is 1. The van der Waals surface area contributed by atoms with Gasteiger partial charge in [-0.3, -0.25) is 4.79 Å². The summed E-state index contributed by atoms with van der Waals surface area (Å²) >= 11 is 0. The number of amides is 1. The van der Waals surface area contributed by atoms with E-state index in [2.05, 4.69) is 0 Å². The molecule has 2 rings (SSSR count). The summed E-state index contributed by atoms with van der Waals surface area (Å²) in [6.07, 6.45) is 7.03. The van der Waals surface area contributed by atoms with Crippen molar-refractivity contribution in [2.24, 2.45) is 11.8 Å². The standard InChI is InChI=1S/C14H25NO2/c1-11(2)14(17)9-15(10-14)13(16)8-7-12-5-3-4-6-12/h11-12,17H,3-10H2,1-2H3. The molecule has 1 N–H and O–H groups in total. The smallest absolute Gasteiger partial charge is 0.222 e. The number of carbonyl (C=O) groups excluding carboxylic acids is 1. The Morgan fingerprint density at radius 1 is 1.35 bits per heavy atom. The van der Waals surface area contributed by atoms with E-state index in [9.17, 15) is 9.90 Å². The SMILES string of the molecule is CC(C)C1(O)CN(C(=O)CCC2CCCC2)C1. The van der Waals surface area contributed by atoms with Crippen molar-refractivity contribution in [1.29, 1.82) is 0 Å². The lowest BCUT2D eigenvalue weighted by atomic mass is 9.82. The van der Waals surface area contributed by atoms with Crippen LogP contribution in [0.4, 0.5) is 0 Å². The minimum Gasteiger partial charge on any atom is -0.386 e. The lowest BCUT2D eigenvalue weighted by Crippen LogP contribution is -2.65. The van der Waals surface area contributed by atoms with Crippen LogP contribution >= 0.6 is 0 Å². The summed E-state index contributed by atoms with van der Waals surface area (Å²) in [4.78, 5) is 13.7. The maximum atomic E-state index is 11.9. The third-order valence-corrected chi connectivity index (χ3v) is 4.60. The van der Waals surface area contributed by atoms with Crippen molar-refractivity contribution in [3.63, 3.8) is 0 Å². The van der Waals surface area contributed by atoms with Gasteiger partial charge in [0.25, 0.3) is 0 Å². The van der Waals surface area contributed by atoms with E-state index in [1.165, 1.54) is 25.7 Å². The molecule has 1 heterocycles. The van der Waals surface area contributed by atoms with Crippen LogP contribution in [0, 0.1) is 11.8 Å². The number of rotatable bonds is 4. The summed E-state index contributed by atoms with van der Waals surface area (Å²) in [5.41, 5.74) is -0.622. The van der Waals surface area contributed by atoms with E-state index in [0.717, 1.165) is 12.3 Å². The van der Waals surface area contributed by atoms with Gasteiger partial charge < -0.3 is 10.0 Å². The Balaban J connectivity index is 1.68. The predicted molar refractivity (Wildman–Crippen MR) is 67.6 cm³/mol. The second-order valence-electron chi connectivity index (χ2n) is 6.20. The quantitative estimate of drug-likeness (QED) is 0.817. The molecule has 0 aromatic heterocycles. The summed E-state index contributed by atoms with van der Waals surface area (Å²) in [7, 11) is 0. The zero-order valence-corrected chi connectivity index (χ0v) is 11.1. The minimum absolute atomic E-state index is 0.237. The Bertz CT molecular complexity index is 276. The van der Waals surface area contributed by atoms with Gasteiger partial charge >= 0.3 is 0 Å². The lowest BCUT2D eigenvalue weighted by molar-refractivity contribution is -0.164. The molecule has 0 unspecified atom stereocenters. The zero-order valence-electron chi connectivity index (χ0n) is 11.1. The molecule has 0 bridgehead atoms. The summed E-state index contributed by atoms with van der Waals surface area (Å²) in [5, 5.41) is 10.1. The average molecular weight is 239 g/mol. The molecule has 0 aromatic rings. The fourth-order valence-electron chi connectivity index (χ4n) is 2.94. The first kappa shape index (κ1) is 12.9. The van der Waals surface area contributed by atoms with Crippen LogP contribution in [0.1, 0.15) is 52.4 Å². The van der Waals surface area contributed by atoms with Gasteiger partial charge in [0.2, 0.25) is 5.91 Å². The van der Waals surface area contributed by atoms with E-state index in [0.29, 0.717) is 19.5 Å². The highest BCUT2D eigenvalue weighted by Gasteiger charge is 2.45. The fourth-order valence-corrected chi connectivity index (χ4v) is 2.94. The van der Waals surface area contributed by atoms with E-state index in [1.807, 2.05) is 18.7 Å². The van der Waals surface area contributed by atoms with Crippen LogP contribution in [0.15, 0.2) is 0 Å². The molecule has 2 fully saturated rings. The van der Waals surface area contributed by atoms with Crippen LogP contribution in [0.25, 0.3) is 0 Å². The molecule has 1 aliphatic carbocycles. The third kappa shape index (κ3) is 2.82. The fraction of sp³-hybridized carbons (Fsp3) is 0.929. The van der Waals surface area contributed by atoms with E-state index in [4.69, 9.17) is 0 Å². The summed E-state index contributed by atoms with van der Waals surface area (Å²) < 4.78 is 0. The Hall–Kier alpha value is -0.570. The molecule has 1 aliphatic heterocycles. The van der Waals surface area contributed by atoms with E-state index in [-0.39, 0.29) is 11.8 Å². The van der Waals surface area contributed by atoms with Gasteiger partial charge in [0.1, 0.15) is 5.60 Å². The molecule has 17 heavy (non-hydrogen) atoms. The summed E-state index contributed by atoms with van der Waals surface area (Å²) in [5.74, 6) is 1.26. The highest BCUT2D eigenvalue weighted by atomic mass is 16.3. The summed E-state index contributed by atoms with van der Waals surface area (Å²) in [6, 6.07) is 0. The van der Waals surface area contributed by atoms with E-state index < -0.39 is 5.60 Å². The van der Waals surface area contributed by atoms with Gasteiger partial charge in [-0.25, -0.2) is 0 Å². The van der Waals surface area contributed by atoms with Gasteiger partial charge in [0.15, 0.2) is 0 Å². The molecule has 0 aromatic carbocycles. The number of aliphatic hydroxyl groups is 1. The van der Waals surface area contributed by atoms with Gasteiger partial charge in [0.05, 0.1) is 13.1 Å². The Labute approximate surface area is 104 Å². The van der Waals surface area contributed by atoms with E-state index in [1.54, 1.807) is 0 Å². The van der Waals surface area contributed by atoms with Crippen LogP contribution in [0.2, 0.25) is 0 Å². The zero-order chi connectivity index (χ0) is 12.5. The average Bonchev–Trinajstić information content (AvgIpc) is 2.73. The van der Waals surface area contributed by atoms with Crippen molar-refractivity contribution in [1.82, 2.24) is 4.90 Å². The van der Waals surface area contributed by atoms with Crippen LogP contribution in [-0.2, 0) is 4.79 Å². The van der Waals surface area contributed by atoms with Crippen molar-refractivity contribution in [2.45, 2.75) is 58.0 Å². The predicted octanol–water partition coefficient (Wildman–Crippen LogP) is 2.19. The second-order valence-corrected chi connectivity index (χ2v) is 6.20. The van der Waals surface area contributed by atoms with Crippen molar-refractivity contribution in [3.05, 3.63) is 0 Å². The van der Waals surface area contributed by atoms with Gasteiger partial charge in [-0.1, -0.05) is 39.5 Å². The van der Waals surface area contributed by atoms with Gasteiger partial charge in [0, 0.05) is 6.42 Å². The largest absolute Gasteiger partial charge is 0.386 e. The van der Waals surface area contributed by atoms with Crippen LogP contribution in [-0.4, -0.2) is 34.6 Å². The lowest BCUT2D eigenvalue weighted by Gasteiger charge is -2.49. The van der Waals surface area contributed by atoms with Crippen LogP contribution in [0.3, 0.4) is 0 Å². The first-order valence-corrected chi connectivity index (χ1v) is 7.01. The molecule has 3 nitrogen and oxygen atoms in total. The van der Waals surface area contributed by atoms with Crippen molar-refractivity contribution < 1.29 is 9.90 Å². The molecule has 0 spiro atoms. The van der Waals surface area contributed by atoms with Gasteiger partial charge in [-0.15, -0.1) is 0 Å². The molecule has 2 aliphatic rings. The number of carbonyl (C=O) groups is 1. The van der Waals surface area contributed by atoms with Crippen LogP contribution in [0.5, 0.6) is 0 Å². The molecule has 0 atom stereocenters. The summed E-state index contributed by atoms with van der Waals surface area (Å²) in [6.45, 7) is 5.10. The maximum absolute atomic E-state index is 11.9. The number of likely N-dealkylation sites (tertiary alicyclic amines) is 1. The molecule has 1 amide bonds. The Kier molecular flexibility index (Phi) is 3.76. The Morgan fingerprint density at radius 3 is 2.47 bits per heavy atom. The molecule has 0 radical (unpaired) electrons. The normalized spacial score (nSPS) is 24.1.